The summed E-state index contributed by atoms with van der Waals surface area (Å²) in [5.41, 5.74) is 1.27. The highest BCUT2D eigenvalue weighted by atomic mass is 35.5. The summed E-state index contributed by atoms with van der Waals surface area (Å²) >= 11 is 6.08. The van der Waals surface area contributed by atoms with E-state index in [-0.39, 0.29) is 0 Å². The molecule has 0 amide bonds. The fourth-order valence-electron chi connectivity index (χ4n) is 3.53. The average Bonchev–Trinajstić information content (AvgIpc) is 2.86. The molecule has 1 aliphatic carbocycles. The molecule has 3 heteroatoms. The van der Waals surface area contributed by atoms with Crippen molar-refractivity contribution in [2.75, 3.05) is 31.1 Å². The van der Waals surface area contributed by atoms with Crippen LogP contribution in [0.4, 0.5) is 5.69 Å². The molecule has 1 saturated carbocycles. The van der Waals surface area contributed by atoms with Gasteiger partial charge in [0.1, 0.15) is 0 Å². The lowest BCUT2D eigenvalue weighted by atomic mass is 10.1. The summed E-state index contributed by atoms with van der Waals surface area (Å²) in [6.45, 7) is 7.05. The number of piperazine rings is 1. The van der Waals surface area contributed by atoms with Crippen LogP contribution in [-0.2, 0) is 0 Å². The first kappa shape index (κ1) is 13.3. The van der Waals surface area contributed by atoms with Crippen LogP contribution in [-0.4, -0.2) is 37.1 Å². The van der Waals surface area contributed by atoms with Crippen molar-refractivity contribution in [2.45, 2.75) is 32.2 Å². The third-order valence-corrected chi connectivity index (χ3v) is 4.91. The van der Waals surface area contributed by atoms with Gasteiger partial charge < -0.3 is 4.90 Å². The molecule has 1 aliphatic heterocycles. The molecule has 0 radical (unpaired) electrons. The van der Waals surface area contributed by atoms with Gasteiger partial charge in [-0.15, -0.1) is 0 Å². The van der Waals surface area contributed by atoms with Crippen molar-refractivity contribution in [3.05, 3.63) is 29.3 Å². The van der Waals surface area contributed by atoms with E-state index in [1.165, 1.54) is 38.0 Å². The van der Waals surface area contributed by atoms with Crippen LogP contribution in [0.15, 0.2) is 24.3 Å². The molecule has 2 atom stereocenters. The van der Waals surface area contributed by atoms with E-state index in [1.807, 2.05) is 12.1 Å². The maximum absolute atomic E-state index is 6.08. The van der Waals surface area contributed by atoms with Crippen LogP contribution in [0.5, 0.6) is 0 Å². The van der Waals surface area contributed by atoms with Crippen molar-refractivity contribution in [3.63, 3.8) is 0 Å². The van der Waals surface area contributed by atoms with E-state index in [4.69, 9.17) is 11.6 Å². The number of anilines is 1. The Morgan fingerprint density at radius 3 is 2.53 bits per heavy atom. The molecule has 0 N–H and O–H groups in total. The molecule has 2 fully saturated rings. The zero-order valence-corrected chi connectivity index (χ0v) is 12.4. The van der Waals surface area contributed by atoms with Crippen LogP contribution in [0.25, 0.3) is 0 Å². The molecule has 2 aliphatic rings. The summed E-state index contributed by atoms with van der Waals surface area (Å²) < 4.78 is 0. The van der Waals surface area contributed by atoms with Crippen LogP contribution < -0.4 is 4.90 Å². The Kier molecular flexibility index (Phi) is 3.99. The van der Waals surface area contributed by atoms with E-state index in [0.717, 1.165) is 30.1 Å². The molecule has 19 heavy (non-hydrogen) atoms. The van der Waals surface area contributed by atoms with Gasteiger partial charge in [-0.2, -0.15) is 0 Å². The molecule has 3 rings (SSSR count). The second-order valence-electron chi connectivity index (χ2n) is 6.07. The van der Waals surface area contributed by atoms with E-state index in [2.05, 4.69) is 28.9 Å². The smallest absolute Gasteiger partial charge is 0.0426 e. The van der Waals surface area contributed by atoms with Gasteiger partial charge in [0.25, 0.3) is 0 Å². The van der Waals surface area contributed by atoms with Crippen LogP contribution in [0.2, 0.25) is 5.02 Å². The molecular formula is C16H23ClN2. The first-order valence-electron chi connectivity index (χ1n) is 7.47. The SMILES string of the molecule is C[C@H]1CC[C@H](N2CCN(c3cccc(Cl)c3)CC2)C1. The summed E-state index contributed by atoms with van der Waals surface area (Å²) in [6.07, 6.45) is 4.22. The predicted octanol–water partition coefficient (Wildman–Crippen LogP) is 3.65. The number of hydrogen-bond donors (Lipinski definition) is 0. The number of hydrogen-bond acceptors (Lipinski definition) is 2. The highest BCUT2D eigenvalue weighted by molar-refractivity contribution is 6.30. The van der Waals surface area contributed by atoms with Gasteiger partial charge in [0.2, 0.25) is 0 Å². The van der Waals surface area contributed by atoms with Crippen molar-refractivity contribution in [1.82, 2.24) is 4.90 Å². The zero-order valence-electron chi connectivity index (χ0n) is 11.7. The Labute approximate surface area is 121 Å². The van der Waals surface area contributed by atoms with Gasteiger partial charge in [0.15, 0.2) is 0 Å². The maximum Gasteiger partial charge on any atom is 0.0426 e. The number of nitrogens with zero attached hydrogens (tertiary/aromatic N) is 2. The molecule has 1 heterocycles. The quantitative estimate of drug-likeness (QED) is 0.815. The van der Waals surface area contributed by atoms with Crippen molar-refractivity contribution < 1.29 is 0 Å². The van der Waals surface area contributed by atoms with E-state index in [9.17, 15) is 0 Å². The molecule has 104 valence electrons. The fourth-order valence-corrected chi connectivity index (χ4v) is 3.71. The second-order valence-corrected chi connectivity index (χ2v) is 6.51. The van der Waals surface area contributed by atoms with E-state index < -0.39 is 0 Å². The molecule has 0 aromatic heterocycles. The molecule has 0 bridgehead atoms. The van der Waals surface area contributed by atoms with Gasteiger partial charge in [-0.3, -0.25) is 4.90 Å². The molecular weight excluding hydrogens is 256 g/mol. The second kappa shape index (κ2) is 5.72. The topological polar surface area (TPSA) is 6.48 Å². The Hall–Kier alpha value is -0.730. The van der Waals surface area contributed by atoms with Gasteiger partial charge in [0.05, 0.1) is 0 Å². The molecule has 1 aromatic rings. The van der Waals surface area contributed by atoms with Crippen LogP contribution in [0, 0.1) is 5.92 Å². The standard InChI is InChI=1S/C16H23ClN2/c1-13-5-6-16(11-13)19-9-7-18(8-10-19)15-4-2-3-14(17)12-15/h2-4,12-13,16H,5-11H2,1H3/t13-,16-/m0/s1. The Morgan fingerprint density at radius 1 is 1.11 bits per heavy atom. The third-order valence-electron chi connectivity index (χ3n) is 4.67. The maximum atomic E-state index is 6.08. The minimum atomic E-state index is 0.838. The normalized spacial score (nSPS) is 28.8. The minimum Gasteiger partial charge on any atom is -0.369 e. The van der Waals surface area contributed by atoms with Crippen molar-refractivity contribution >= 4 is 17.3 Å². The first-order chi connectivity index (χ1) is 9.22. The largest absolute Gasteiger partial charge is 0.369 e. The number of rotatable bonds is 2. The molecule has 1 saturated heterocycles. The van der Waals surface area contributed by atoms with E-state index >= 15 is 0 Å². The number of benzene rings is 1. The van der Waals surface area contributed by atoms with Gasteiger partial charge in [-0.1, -0.05) is 24.6 Å². The molecule has 0 unspecified atom stereocenters. The third kappa shape index (κ3) is 3.06. The summed E-state index contributed by atoms with van der Waals surface area (Å²) in [4.78, 5) is 5.16. The Bertz CT molecular complexity index is 427. The Balaban J connectivity index is 1.57. The first-order valence-corrected chi connectivity index (χ1v) is 7.85. The highest BCUT2D eigenvalue weighted by Crippen LogP contribution is 2.30. The summed E-state index contributed by atoms with van der Waals surface area (Å²) in [5, 5.41) is 0.838. The van der Waals surface area contributed by atoms with Gasteiger partial charge >= 0.3 is 0 Å². The summed E-state index contributed by atoms with van der Waals surface area (Å²) in [7, 11) is 0. The molecule has 1 aromatic carbocycles. The van der Waals surface area contributed by atoms with Crippen molar-refractivity contribution in [2.24, 2.45) is 5.92 Å². The lowest BCUT2D eigenvalue weighted by Crippen LogP contribution is -2.49. The van der Waals surface area contributed by atoms with Gasteiger partial charge in [0, 0.05) is 42.9 Å². The summed E-state index contributed by atoms with van der Waals surface area (Å²) in [5.74, 6) is 0.927. The van der Waals surface area contributed by atoms with Gasteiger partial charge in [-0.05, 0) is 43.4 Å². The predicted molar refractivity (Wildman–Crippen MR) is 82.0 cm³/mol. The zero-order chi connectivity index (χ0) is 13.2. The van der Waals surface area contributed by atoms with Gasteiger partial charge in [-0.25, -0.2) is 0 Å². The molecule has 0 spiro atoms. The lowest BCUT2D eigenvalue weighted by Gasteiger charge is -2.39. The Morgan fingerprint density at radius 2 is 1.89 bits per heavy atom. The minimum absolute atomic E-state index is 0.838. The van der Waals surface area contributed by atoms with Crippen LogP contribution in [0.3, 0.4) is 0 Å². The average molecular weight is 279 g/mol. The highest BCUT2D eigenvalue weighted by Gasteiger charge is 2.29. The van der Waals surface area contributed by atoms with Crippen LogP contribution in [0.1, 0.15) is 26.2 Å². The monoisotopic (exact) mass is 278 g/mol. The molecule has 2 nitrogen and oxygen atoms in total. The lowest BCUT2D eigenvalue weighted by molar-refractivity contribution is 0.184. The van der Waals surface area contributed by atoms with E-state index in [0.29, 0.717) is 0 Å². The van der Waals surface area contributed by atoms with Crippen molar-refractivity contribution in [3.8, 4) is 0 Å². The number of halogens is 1. The summed E-state index contributed by atoms with van der Waals surface area (Å²) in [6, 6.07) is 9.08. The fraction of sp³-hybridized carbons (Fsp3) is 0.625. The van der Waals surface area contributed by atoms with E-state index in [1.54, 1.807) is 0 Å². The van der Waals surface area contributed by atoms with Crippen LogP contribution >= 0.6 is 11.6 Å². The van der Waals surface area contributed by atoms with Crippen molar-refractivity contribution in [1.29, 1.82) is 0 Å².